The number of halogens is 3. The molecule has 0 spiro atoms. The molecule has 0 heterocycles. The Morgan fingerprint density at radius 3 is 2.94 bits per heavy atom. The van der Waals surface area contributed by atoms with E-state index in [2.05, 4.69) is 10.6 Å². The molecule has 0 saturated heterocycles. The Labute approximate surface area is 115 Å². The molecule has 0 bridgehead atoms. The molecule has 18 heavy (non-hydrogen) atoms. The van der Waals surface area contributed by atoms with E-state index in [-0.39, 0.29) is 18.6 Å². The lowest BCUT2D eigenvalue weighted by atomic mass is 10.1. The maximum atomic E-state index is 11.9. The normalized spacial score (nSPS) is 17.4. The summed E-state index contributed by atoms with van der Waals surface area (Å²) in [5.74, 6) is 0. The number of nitrogens with one attached hydrogen (secondary N) is 2. The SMILES string of the molecule is O=C(NCCF)NC1CCc2ccc(Cl)c(Cl)c21. The van der Waals surface area contributed by atoms with Crippen LogP contribution in [0.2, 0.25) is 10.0 Å². The average Bonchev–Trinajstić information content (AvgIpc) is 2.75. The van der Waals surface area contributed by atoms with Crippen molar-refractivity contribution in [3.05, 3.63) is 33.3 Å². The van der Waals surface area contributed by atoms with E-state index in [4.69, 9.17) is 23.2 Å². The third kappa shape index (κ3) is 2.70. The molecule has 98 valence electrons. The zero-order chi connectivity index (χ0) is 13.1. The molecule has 1 unspecified atom stereocenters. The molecule has 0 saturated carbocycles. The Balaban J connectivity index is 2.11. The summed E-state index contributed by atoms with van der Waals surface area (Å²) in [6.07, 6.45) is 1.62. The maximum absolute atomic E-state index is 11.9. The van der Waals surface area contributed by atoms with Gasteiger partial charge in [0.15, 0.2) is 0 Å². The van der Waals surface area contributed by atoms with Gasteiger partial charge in [-0.25, -0.2) is 9.18 Å². The van der Waals surface area contributed by atoms with Gasteiger partial charge in [-0.2, -0.15) is 0 Å². The summed E-state index contributed by atoms with van der Waals surface area (Å²) in [5.41, 5.74) is 1.97. The smallest absolute Gasteiger partial charge is 0.315 e. The highest BCUT2D eigenvalue weighted by Crippen LogP contribution is 2.39. The lowest BCUT2D eigenvalue weighted by molar-refractivity contribution is 0.236. The number of alkyl halides is 1. The van der Waals surface area contributed by atoms with Crippen molar-refractivity contribution < 1.29 is 9.18 Å². The Bertz CT molecular complexity index is 468. The van der Waals surface area contributed by atoms with Gasteiger partial charge >= 0.3 is 6.03 Å². The number of fused-ring (bicyclic) bond motifs is 1. The standard InChI is InChI=1S/C12H13Cl2FN2O/c13-8-3-1-7-2-4-9(10(7)11(8)14)17-12(18)16-6-5-15/h1,3,9H,2,4-6H2,(H2,16,17,18). The minimum Gasteiger partial charge on any atom is -0.336 e. The van der Waals surface area contributed by atoms with Crippen LogP contribution in [-0.2, 0) is 6.42 Å². The summed E-state index contributed by atoms with van der Waals surface area (Å²) >= 11 is 12.1. The van der Waals surface area contributed by atoms with Crippen molar-refractivity contribution in [2.45, 2.75) is 18.9 Å². The first-order valence-corrected chi connectivity index (χ1v) is 6.46. The summed E-state index contributed by atoms with van der Waals surface area (Å²) in [6.45, 7) is -0.573. The molecule has 0 fully saturated rings. The number of carbonyl (C=O) groups is 1. The van der Waals surface area contributed by atoms with Crippen molar-refractivity contribution in [1.82, 2.24) is 10.6 Å². The van der Waals surface area contributed by atoms with Gasteiger partial charge in [-0.1, -0.05) is 29.3 Å². The van der Waals surface area contributed by atoms with Crippen molar-refractivity contribution in [3.8, 4) is 0 Å². The summed E-state index contributed by atoms with van der Waals surface area (Å²) in [5, 5.41) is 6.17. The molecule has 1 aliphatic carbocycles. The Kier molecular flexibility index (Phi) is 4.30. The molecule has 2 N–H and O–H groups in total. The molecule has 1 aromatic carbocycles. The third-order valence-corrected chi connectivity index (χ3v) is 3.78. The van der Waals surface area contributed by atoms with Crippen LogP contribution in [0.5, 0.6) is 0 Å². The highest BCUT2D eigenvalue weighted by Gasteiger charge is 2.27. The second kappa shape index (κ2) is 5.76. The van der Waals surface area contributed by atoms with Crippen LogP contribution in [0.15, 0.2) is 12.1 Å². The van der Waals surface area contributed by atoms with E-state index in [0.29, 0.717) is 10.0 Å². The van der Waals surface area contributed by atoms with E-state index < -0.39 is 6.67 Å². The fourth-order valence-electron chi connectivity index (χ4n) is 2.16. The predicted octanol–water partition coefficient (Wildman–Crippen LogP) is 3.25. The van der Waals surface area contributed by atoms with Crippen LogP contribution in [0.1, 0.15) is 23.6 Å². The second-order valence-corrected chi connectivity index (χ2v) is 4.90. The van der Waals surface area contributed by atoms with E-state index in [1.807, 2.05) is 6.07 Å². The van der Waals surface area contributed by atoms with Crippen molar-refractivity contribution in [2.24, 2.45) is 0 Å². The summed E-state index contributed by atoms with van der Waals surface area (Å²) in [6, 6.07) is 3.13. The van der Waals surface area contributed by atoms with E-state index in [1.54, 1.807) is 6.07 Å². The van der Waals surface area contributed by atoms with E-state index in [0.717, 1.165) is 24.0 Å². The first-order chi connectivity index (χ1) is 8.63. The van der Waals surface area contributed by atoms with E-state index in [9.17, 15) is 9.18 Å². The molecule has 0 aromatic heterocycles. The van der Waals surface area contributed by atoms with E-state index >= 15 is 0 Å². The lowest BCUT2D eigenvalue weighted by Crippen LogP contribution is -2.38. The molecule has 1 aromatic rings. The Morgan fingerprint density at radius 2 is 2.22 bits per heavy atom. The highest BCUT2D eigenvalue weighted by atomic mass is 35.5. The Morgan fingerprint density at radius 1 is 1.44 bits per heavy atom. The number of amides is 2. The van der Waals surface area contributed by atoms with Gasteiger partial charge in [0.25, 0.3) is 0 Å². The lowest BCUT2D eigenvalue weighted by Gasteiger charge is -2.16. The van der Waals surface area contributed by atoms with Gasteiger partial charge in [0.2, 0.25) is 0 Å². The number of rotatable bonds is 3. The van der Waals surface area contributed by atoms with Crippen LogP contribution in [0.25, 0.3) is 0 Å². The molecule has 2 rings (SSSR count). The van der Waals surface area contributed by atoms with Crippen LogP contribution in [0.3, 0.4) is 0 Å². The zero-order valence-corrected chi connectivity index (χ0v) is 11.1. The van der Waals surface area contributed by atoms with Gasteiger partial charge in [0.05, 0.1) is 16.1 Å². The van der Waals surface area contributed by atoms with Gasteiger partial charge in [0.1, 0.15) is 6.67 Å². The van der Waals surface area contributed by atoms with Gasteiger partial charge in [-0.05, 0) is 30.0 Å². The fourth-order valence-corrected chi connectivity index (χ4v) is 2.64. The van der Waals surface area contributed by atoms with Crippen LogP contribution in [-0.4, -0.2) is 19.3 Å². The van der Waals surface area contributed by atoms with Crippen molar-refractivity contribution in [1.29, 1.82) is 0 Å². The first kappa shape index (κ1) is 13.4. The van der Waals surface area contributed by atoms with Gasteiger partial charge in [-0.15, -0.1) is 0 Å². The number of urea groups is 1. The quantitative estimate of drug-likeness (QED) is 0.882. The number of hydrogen-bond acceptors (Lipinski definition) is 1. The van der Waals surface area contributed by atoms with Crippen molar-refractivity contribution in [2.75, 3.05) is 13.2 Å². The largest absolute Gasteiger partial charge is 0.336 e. The van der Waals surface area contributed by atoms with E-state index in [1.165, 1.54) is 0 Å². The highest BCUT2D eigenvalue weighted by molar-refractivity contribution is 6.42. The summed E-state index contributed by atoms with van der Waals surface area (Å²) in [7, 11) is 0. The average molecular weight is 291 g/mol. The van der Waals surface area contributed by atoms with Gasteiger partial charge < -0.3 is 10.6 Å². The topological polar surface area (TPSA) is 41.1 Å². The van der Waals surface area contributed by atoms with Crippen LogP contribution in [0, 0.1) is 0 Å². The Hall–Kier alpha value is -1.000. The zero-order valence-electron chi connectivity index (χ0n) is 9.60. The van der Waals surface area contributed by atoms with Gasteiger partial charge in [0, 0.05) is 6.54 Å². The minimum absolute atomic E-state index is 0.00862. The molecule has 0 radical (unpaired) electrons. The van der Waals surface area contributed by atoms with Crippen LogP contribution >= 0.6 is 23.2 Å². The second-order valence-electron chi connectivity index (χ2n) is 4.11. The van der Waals surface area contributed by atoms with Crippen LogP contribution < -0.4 is 10.6 Å². The minimum atomic E-state index is -0.582. The van der Waals surface area contributed by atoms with Crippen molar-refractivity contribution >= 4 is 29.2 Å². The number of hydrogen-bond donors (Lipinski definition) is 2. The third-order valence-electron chi connectivity index (χ3n) is 2.96. The van der Waals surface area contributed by atoms with Crippen LogP contribution in [0.4, 0.5) is 9.18 Å². The molecule has 1 aliphatic rings. The number of aryl methyl sites for hydroxylation is 1. The predicted molar refractivity (Wildman–Crippen MR) is 70.0 cm³/mol. The molecular weight excluding hydrogens is 278 g/mol. The number of benzene rings is 1. The van der Waals surface area contributed by atoms with Gasteiger partial charge in [-0.3, -0.25) is 0 Å². The molecule has 0 aliphatic heterocycles. The summed E-state index contributed by atoms with van der Waals surface area (Å²) < 4.78 is 11.9. The first-order valence-electron chi connectivity index (χ1n) is 5.70. The molecule has 1 atom stereocenters. The molecular formula is C12H13Cl2FN2O. The maximum Gasteiger partial charge on any atom is 0.315 e. The number of carbonyl (C=O) groups excluding carboxylic acids is 1. The molecule has 2 amide bonds. The summed E-state index contributed by atoms with van der Waals surface area (Å²) in [4.78, 5) is 11.5. The molecule has 3 nitrogen and oxygen atoms in total. The monoisotopic (exact) mass is 290 g/mol. The molecule has 6 heteroatoms. The van der Waals surface area contributed by atoms with Crippen molar-refractivity contribution in [3.63, 3.8) is 0 Å². The fraction of sp³-hybridized carbons (Fsp3) is 0.417.